The first-order chi connectivity index (χ1) is 24.4. The Hall–Kier alpha value is -4.33. The van der Waals surface area contributed by atoms with E-state index in [2.05, 4.69) is 43.3 Å². The number of hydrogen-bond donors (Lipinski definition) is 5. The van der Waals surface area contributed by atoms with E-state index in [-0.39, 0.29) is 37.1 Å². The number of β-amino-alcohol motifs (C(OH)–C–C–N with tert-alkyl or cyclic N) is 1. The molecule has 13 heteroatoms. The molecule has 0 radical (unpaired) electrons. The van der Waals surface area contributed by atoms with Crippen LogP contribution in [-0.4, -0.2) is 103 Å². The minimum atomic E-state index is -0.907. The number of aromatic nitrogens is 1. The average molecular weight is 718 g/mol. The zero-order valence-electron chi connectivity index (χ0n) is 30.0. The predicted molar refractivity (Wildman–Crippen MR) is 200 cm³/mol. The molecule has 12 nitrogen and oxygen atoms in total. The van der Waals surface area contributed by atoms with Crippen LogP contribution in [0.2, 0.25) is 0 Å². The molecular weight excluding hydrogens is 667 g/mol. The van der Waals surface area contributed by atoms with Crippen molar-refractivity contribution >= 4 is 40.7 Å². The second-order valence-corrected chi connectivity index (χ2v) is 15.3. The van der Waals surface area contributed by atoms with Crippen molar-refractivity contribution in [2.45, 2.75) is 71.6 Å². The molecule has 2 saturated heterocycles. The number of thiazole rings is 1. The lowest BCUT2D eigenvalue weighted by Gasteiger charge is -2.35. The van der Waals surface area contributed by atoms with Crippen LogP contribution < -0.4 is 26.2 Å². The minimum Gasteiger partial charge on any atom is -0.391 e. The summed E-state index contributed by atoms with van der Waals surface area (Å²) in [7, 11) is 0. The van der Waals surface area contributed by atoms with E-state index in [1.54, 1.807) is 11.3 Å². The summed E-state index contributed by atoms with van der Waals surface area (Å²) in [6, 6.07) is 14.0. The summed E-state index contributed by atoms with van der Waals surface area (Å²) in [6.45, 7) is 12.0. The van der Waals surface area contributed by atoms with Crippen molar-refractivity contribution in [2.75, 3.05) is 50.7 Å². The monoisotopic (exact) mass is 717 g/mol. The molecule has 0 saturated carbocycles. The smallest absolute Gasteiger partial charge is 0.251 e. The highest BCUT2D eigenvalue weighted by atomic mass is 32.1. The lowest BCUT2D eigenvalue weighted by molar-refractivity contribution is -0.144. The number of benzene rings is 2. The van der Waals surface area contributed by atoms with Crippen molar-refractivity contribution in [3.05, 3.63) is 70.9 Å². The van der Waals surface area contributed by atoms with Gasteiger partial charge in [-0.1, -0.05) is 45.0 Å². The molecule has 2 aliphatic heterocycles. The van der Waals surface area contributed by atoms with Crippen molar-refractivity contribution < 1.29 is 24.3 Å². The number of hydrogen-bond acceptors (Lipinski definition) is 9. The molecule has 0 spiro atoms. The van der Waals surface area contributed by atoms with E-state index in [1.807, 2.05) is 69.6 Å². The third kappa shape index (κ3) is 10.1. The van der Waals surface area contributed by atoms with Crippen LogP contribution in [0, 0.1) is 12.3 Å². The first kappa shape index (κ1) is 37.9. The fourth-order valence-corrected chi connectivity index (χ4v) is 7.31. The van der Waals surface area contributed by atoms with Gasteiger partial charge in [0.2, 0.25) is 17.7 Å². The van der Waals surface area contributed by atoms with E-state index in [9.17, 15) is 24.3 Å². The van der Waals surface area contributed by atoms with E-state index < -0.39 is 29.5 Å². The molecule has 2 aromatic carbocycles. The Balaban J connectivity index is 1.08. The Morgan fingerprint density at radius 3 is 2.35 bits per heavy atom. The largest absolute Gasteiger partial charge is 0.391 e. The van der Waals surface area contributed by atoms with Crippen LogP contribution in [-0.2, 0) is 20.8 Å². The molecule has 0 aliphatic carbocycles. The Kier molecular flexibility index (Phi) is 12.8. The van der Waals surface area contributed by atoms with Gasteiger partial charge in [-0.2, -0.15) is 0 Å². The lowest BCUT2D eigenvalue weighted by atomic mass is 9.85. The van der Waals surface area contributed by atoms with Crippen LogP contribution in [0.1, 0.15) is 61.6 Å². The molecule has 3 atom stereocenters. The van der Waals surface area contributed by atoms with Gasteiger partial charge in [0.15, 0.2) is 0 Å². The van der Waals surface area contributed by atoms with Crippen molar-refractivity contribution in [2.24, 2.45) is 5.41 Å². The highest BCUT2D eigenvalue weighted by Gasteiger charge is 2.44. The SMILES string of the molecule is Cc1ncsc1-c1ccc(CCNC(=O)[C@@H]2C[C@H](O)CN2C(=O)[C@@H](NC(=O)CCCNC(=O)c2ccc(N3CCNCC3)cc2)C(C)(C)C)cc1. The molecule has 51 heavy (non-hydrogen) atoms. The van der Waals surface area contributed by atoms with Crippen LogP contribution in [0.3, 0.4) is 0 Å². The van der Waals surface area contributed by atoms with E-state index in [0.29, 0.717) is 31.5 Å². The number of likely N-dealkylation sites (tertiary alicyclic amines) is 1. The normalized spacial score (nSPS) is 18.3. The van der Waals surface area contributed by atoms with Gasteiger partial charge in [0.05, 0.1) is 22.2 Å². The molecule has 3 heterocycles. The summed E-state index contributed by atoms with van der Waals surface area (Å²) < 4.78 is 0. The minimum absolute atomic E-state index is 0.0140. The molecular formula is C38H51N7O5S. The third-order valence-electron chi connectivity index (χ3n) is 9.44. The number of aryl methyl sites for hydroxylation is 1. The number of carbonyl (C=O) groups excluding carboxylic acids is 4. The average Bonchev–Trinajstić information content (AvgIpc) is 3.74. The Bertz CT molecular complexity index is 1650. The standard InChI is InChI=1S/C38H51N7O5S/c1-25-33(51-24-42-25)27-9-7-26(8-10-27)15-17-41-36(49)31-22-30(46)23-45(31)37(50)34(38(2,3)4)43-32(47)6-5-16-40-35(48)28-11-13-29(14-12-28)44-20-18-39-19-21-44/h7-14,24,30-31,34,39,46H,5-6,15-23H2,1-4H3,(H,40,48)(H,41,49)(H,43,47)/t30-,31-,34+/m0/s1. The topological polar surface area (TPSA) is 156 Å². The molecule has 2 aliphatic rings. The summed E-state index contributed by atoms with van der Waals surface area (Å²) in [5, 5.41) is 22.5. The number of nitrogens with zero attached hydrogens (tertiary/aromatic N) is 3. The predicted octanol–water partition coefficient (Wildman–Crippen LogP) is 2.89. The molecule has 5 rings (SSSR count). The second kappa shape index (κ2) is 17.3. The van der Waals surface area contributed by atoms with Crippen molar-refractivity contribution in [1.29, 1.82) is 0 Å². The van der Waals surface area contributed by atoms with E-state index >= 15 is 0 Å². The number of nitrogens with one attached hydrogen (secondary N) is 4. The fourth-order valence-electron chi connectivity index (χ4n) is 6.50. The van der Waals surface area contributed by atoms with Crippen LogP contribution >= 0.6 is 11.3 Å². The number of aliphatic hydroxyl groups excluding tert-OH is 1. The van der Waals surface area contributed by atoms with Crippen LogP contribution in [0.25, 0.3) is 10.4 Å². The number of aliphatic hydroxyl groups is 1. The first-order valence-corrected chi connectivity index (χ1v) is 18.7. The highest BCUT2D eigenvalue weighted by molar-refractivity contribution is 7.13. The van der Waals surface area contributed by atoms with E-state index in [4.69, 9.17) is 0 Å². The Labute approximate surface area is 304 Å². The number of piperazine rings is 1. The number of anilines is 1. The molecule has 3 aromatic rings. The highest BCUT2D eigenvalue weighted by Crippen LogP contribution is 2.28. The van der Waals surface area contributed by atoms with Crippen molar-refractivity contribution in [1.82, 2.24) is 31.2 Å². The number of carbonyl (C=O) groups is 4. The first-order valence-electron chi connectivity index (χ1n) is 17.8. The van der Waals surface area contributed by atoms with Gasteiger partial charge < -0.3 is 36.2 Å². The fraction of sp³-hybridized carbons (Fsp3) is 0.500. The summed E-state index contributed by atoms with van der Waals surface area (Å²) >= 11 is 1.60. The molecule has 5 N–H and O–H groups in total. The van der Waals surface area contributed by atoms with Gasteiger partial charge in [0, 0.05) is 69.9 Å². The summed E-state index contributed by atoms with van der Waals surface area (Å²) in [5.41, 5.74) is 5.98. The van der Waals surface area contributed by atoms with Crippen molar-refractivity contribution in [3.63, 3.8) is 0 Å². The van der Waals surface area contributed by atoms with Crippen molar-refractivity contribution in [3.8, 4) is 10.4 Å². The molecule has 2 fully saturated rings. The maximum Gasteiger partial charge on any atom is 0.251 e. The molecule has 0 bridgehead atoms. The summed E-state index contributed by atoms with van der Waals surface area (Å²) in [5.74, 6) is -1.26. The third-order valence-corrected chi connectivity index (χ3v) is 10.4. The zero-order valence-corrected chi connectivity index (χ0v) is 30.9. The molecule has 4 amide bonds. The van der Waals surface area contributed by atoms with Crippen LogP contribution in [0.4, 0.5) is 5.69 Å². The lowest BCUT2D eigenvalue weighted by Crippen LogP contribution is -2.57. The quantitative estimate of drug-likeness (QED) is 0.169. The maximum atomic E-state index is 13.9. The molecule has 0 unspecified atom stereocenters. The van der Waals surface area contributed by atoms with Gasteiger partial charge >= 0.3 is 0 Å². The van der Waals surface area contributed by atoms with Gasteiger partial charge in [0.1, 0.15) is 12.1 Å². The second-order valence-electron chi connectivity index (χ2n) is 14.4. The van der Waals surface area contributed by atoms with Crippen LogP contribution in [0.5, 0.6) is 0 Å². The van der Waals surface area contributed by atoms with Gasteiger partial charge in [-0.15, -0.1) is 11.3 Å². The Morgan fingerprint density at radius 2 is 1.71 bits per heavy atom. The summed E-state index contributed by atoms with van der Waals surface area (Å²) in [4.78, 5) is 62.1. The summed E-state index contributed by atoms with van der Waals surface area (Å²) in [6.07, 6.45) is 0.401. The van der Waals surface area contributed by atoms with Gasteiger partial charge in [-0.3, -0.25) is 19.2 Å². The van der Waals surface area contributed by atoms with Gasteiger partial charge in [0.25, 0.3) is 5.91 Å². The van der Waals surface area contributed by atoms with E-state index in [1.165, 1.54) is 4.90 Å². The molecule has 274 valence electrons. The number of rotatable bonds is 13. The molecule has 1 aromatic heterocycles. The van der Waals surface area contributed by atoms with Gasteiger partial charge in [-0.05, 0) is 60.6 Å². The van der Waals surface area contributed by atoms with Crippen LogP contribution in [0.15, 0.2) is 54.0 Å². The van der Waals surface area contributed by atoms with Gasteiger partial charge in [-0.25, -0.2) is 4.98 Å². The maximum absolute atomic E-state index is 13.9. The Morgan fingerprint density at radius 1 is 1.00 bits per heavy atom. The zero-order chi connectivity index (χ0) is 36.5. The number of amides is 4. The van der Waals surface area contributed by atoms with E-state index in [0.717, 1.165) is 53.6 Å².